The lowest BCUT2D eigenvalue weighted by Gasteiger charge is -2.18. The number of para-hydroxylation sites is 4. The highest BCUT2D eigenvalue weighted by Crippen LogP contribution is 2.51. The molecule has 0 aliphatic rings. The van der Waals surface area contributed by atoms with Gasteiger partial charge in [0.15, 0.2) is 5.58 Å². The van der Waals surface area contributed by atoms with E-state index in [1.807, 2.05) is 97.1 Å². The fourth-order valence-corrected chi connectivity index (χ4v) is 14.8. The van der Waals surface area contributed by atoms with Crippen LogP contribution in [0.2, 0.25) is 0 Å². The van der Waals surface area contributed by atoms with Crippen molar-refractivity contribution in [2.24, 2.45) is 0 Å². The summed E-state index contributed by atoms with van der Waals surface area (Å²) in [6.45, 7) is 0. The summed E-state index contributed by atoms with van der Waals surface area (Å²) in [6.07, 6.45) is 0. The van der Waals surface area contributed by atoms with Crippen LogP contribution in [-0.2, 0) is 0 Å². The summed E-state index contributed by atoms with van der Waals surface area (Å²) in [5, 5.41) is 31.9. The van der Waals surface area contributed by atoms with E-state index in [4.69, 9.17) is 22.3 Å². The molecule has 20 rings (SSSR count). The molecular weight excluding hydrogens is 1200 g/mol. The van der Waals surface area contributed by atoms with Crippen LogP contribution in [0, 0.1) is 0 Å². The molecule has 0 aliphatic carbocycles. The van der Waals surface area contributed by atoms with E-state index >= 15 is 0 Å². The molecule has 0 fully saturated rings. The summed E-state index contributed by atoms with van der Waals surface area (Å²) in [5.41, 5.74) is 14.0. The van der Waals surface area contributed by atoms with Gasteiger partial charge in [0.25, 0.3) is 0 Å². The third-order valence-corrected chi connectivity index (χ3v) is 18.9. The third kappa shape index (κ3) is 8.52. The molecule has 0 unspecified atom stereocenters. The van der Waals surface area contributed by atoms with Crippen molar-refractivity contribution >= 4 is 176 Å². The van der Waals surface area contributed by atoms with Gasteiger partial charge in [-0.15, -0.1) is 0 Å². The molecule has 4 aromatic heterocycles. The second kappa shape index (κ2) is 21.7. The second-order valence-electron chi connectivity index (χ2n) is 23.3. The minimum absolute atomic E-state index is 0.674. The van der Waals surface area contributed by atoms with Gasteiger partial charge in [0, 0.05) is 54.2 Å². The lowest BCUT2D eigenvalue weighted by atomic mass is 9.85. The van der Waals surface area contributed by atoms with Gasteiger partial charge in [0.05, 0.1) is 15.2 Å². The van der Waals surface area contributed by atoms with Gasteiger partial charge < -0.3 is 27.3 Å². The summed E-state index contributed by atoms with van der Waals surface area (Å²) in [6, 6.07) is 101. The molecule has 92 heavy (non-hydrogen) atoms. The highest BCUT2D eigenvalue weighted by atomic mass is 79.9. The zero-order valence-corrected chi connectivity index (χ0v) is 50.7. The van der Waals surface area contributed by atoms with E-state index in [9.17, 15) is 5.02 Å². The Labute approximate surface area is 534 Å². The molecule has 0 bridgehead atoms. The van der Waals surface area contributed by atoms with Gasteiger partial charge in [0.2, 0.25) is 0 Å². The second-order valence-corrected chi connectivity index (χ2v) is 24.2. The predicted molar refractivity (Wildman–Crippen MR) is 386 cm³/mol. The number of hydrogen-bond donors (Lipinski definition) is 1. The maximum Gasteiger partial charge on any atom is 0.569 e. The minimum Gasteiger partial charge on any atom is -0.537 e. The molecule has 431 valence electrons. The van der Waals surface area contributed by atoms with E-state index in [0.717, 1.165) is 127 Å². The molecule has 0 amide bonds. The van der Waals surface area contributed by atoms with Crippen LogP contribution >= 0.6 is 15.9 Å². The van der Waals surface area contributed by atoms with Crippen molar-refractivity contribution in [1.82, 2.24) is 0 Å². The van der Waals surface area contributed by atoms with E-state index in [1.54, 1.807) is 0 Å². The Balaban J connectivity index is 0.000000111. The topological polar surface area (TPSA) is 82.0 Å². The fraction of sp³-hybridized carbons (Fsp3) is 0. The van der Waals surface area contributed by atoms with Crippen LogP contribution in [0.4, 0.5) is 0 Å². The van der Waals surface area contributed by atoms with Gasteiger partial charge in [-0.2, -0.15) is 0 Å². The van der Waals surface area contributed by atoms with E-state index in [1.165, 1.54) is 70.9 Å². The zero-order chi connectivity index (χ0) is 61.0. The van der Waals surface area contributed by atoms with Crippen molar-refractivity contribution in [3.05, 3.63) is 296 Å². The molecule has 0 atom stereocenters. The van der Waals surface area contributed by atoms with Crippen molar-refractivity contribution in [2.45, 2.75) is 0 Å². The van der Waals surface area contributed by atoms with E-state index in [-0.39, 0.29) is 0 Å². The first kappa shape index (κ1) is 53.6. The Kier molecular flexibility index (Phi) is 12.6. The molecule has 8 heteroatoms. The molecule has 1 N–H and O–H groups in total. The van der Waals surface area contributed by atoms with Crippen LogP contribution in [0.3, 0.4) is 0 Å². The Morgan fingerprint density at radius 3 is 1.05 bits per heavy atom. The average molecular weight is 1250 g/mol. The number of hydrogen-bond acceptors (Lipinski definition) is 6. The van der Waals surface area contributed by atoms with Gasteiger partial charge >= 0.3 is 7.69 Å². The van der Waals surface area contributed by atoms with Crippen LogP contribution in [0.5, 0.6) is 5.75 Å². The van der Waals surface area contributed by atoms with Crippen molar-refractivity contribution in [3.8, 4) is 39.1 Å². The van der Waals surface area contributed by atoms with Crippen molar-refractivity contribution in [2.75, 3.05) is 0 Å². The average Bonchev–Trinajstić information content (AvgIpc) is 1.38. The van der Waals surface area contributed by atoms with Crippen LogP contribution in [0.1, 0.15) is 0 Å². The summed E-state index contributed by atoms with van der Waals surface area (Å²) in [5.74, 6) is 0.674. The minimum atomic E-state index is 0.674. The standard InChI is InChI=1S/C42H24O2.C24H16BO2.C18H9BrO2/c1-2-12-26-23-27(22-21-25(26)11-1)38-29-14-3-5-16-31(29)39(32-17-6-4-15-30(32)38)35-24-34-28-13-7-9-19-36(28)43-41(34)40-33-18-8-10-20-37(33)44-42(35)40;26-25-27-24-21-11-5-3-9-19(21)23(20-10-4-6-12-22(20)24)18-14-13-16-7-1-2-8-17(16)15-18;19-13-9-12-10-5-1-3-7-14(10)20-17(12)16-11-6-2-4-8-15(11)21-18(13)16/h1-24H;1-15,26H;1-9H. The molecule has 20 aromatic rings. The van der Waals surface area contributed by atoms with E-state index in [0.29, 0.717) is 5.75 Å². The van der Waals surface area contributed by atoms with E-state index < -0.39 is 0 Å². The lowest BCUT2D eigenvalue weighted by molar-refractivity contribution is 0.459. The maximum atomic E-state index is 9.30. The molecule has 0 saturated heterocycles. The Bertz CT molecular complexity index is 6270. The third-order valence-electron chi connectivity index (χ3n) is 18.3. The highest BCUT2D eigenvalue weighted by Gasteiger charge is 2.25. The highest BCUT2D eigenvalue weighted by molar-refractivity contribution is 9.10. The summed E-state index contributed by atoms with van der Waals surface area (Å²) < 4.78 is 31.9. The number of rotatable bonds is 5. The SMILES string of the molecule is Brc1cc2c3ccccc3oc2c2c1oc1ccccc12.O[B]Oc1c2ccccc2c(-c2ccc3ccccc3c2)c2ccccc12.c1ccc2cc(-c3c4ccccc4c(-c4cc5c6ccccc6oc5c5c4oc4ccccc45)c4ccccc34)ccc2c1. The molecule has 6 nitrogen and oxygen atoms in total. The molecule has 0 saturated carbocycles. The summed E-state index contributed by atoms with van der Waals surface area (Å²) in [4.78, 5) is 0. The number of halogens is 1. The number of furan rings is 4. The largest absolute Gasteiger partial charge is 0.569 e. The lowest BCUT2D eigenvalue weighted by Crippen LogP contribution is -2.02. The first-order valence-electron chi connectivity index (χ1n) is 30.7. The van der Waals surface area contributed by atoms with Gasteiger partial charge in [-0.3, -0.25) is 0 Å². The zero-order valence-electron chi connectivity index (χ0n) is 49.2. The Hall–Kier alpha value is -11.4. The van der Waals surface area contributed by atoms with Gasteiger partial charge in [-0.25, -0.2) is 0 Å². The Morgan fingerprint density at radius 2 is 0.598 bits per heavy atom. The van der Waals surface area contributed by atoms with Gasteiger partial charge in [-0.05, 0) is 141 Å². The maximum absolute atomic E-state index is 9.30. The van der Waals surface area contributed by atoms with Crippen LogP contribution in [0.15, 0.2) is 313 Å². The predicted octanol–water partition coefficient (Wildman–Crippen LogP) is 24.2. The summed E-state index contributed by atoms with van der Waals surface area (Å²) >= 11 is 3.63. The van der Waals surface area contributed by atoms with Crippen LogP contribution < -0.4 is 4.65 Å². The monoisotopic (exact) mass is 1240 g/mol. The molecular formula is C84H49BBrO6. The van der Waals surface area contributed by atoms with Crippen LogP contribution in [-0.4, -0.2) is 12.7 Å². The van der Waals surface area contributed by atoms with Crippen molar-refractivity contribution < 1.29 is 27.3 Å². The van der Waals surface area contributed by atoms with Gasteiger partial charge in [-0.1, -0.05) is 243 Å². The normalized spacial score (nSPS) is 11.8. The fourth-order valence-electron chi connectivity index (χ4n) is 14.3. The smallest absolute Gasteiger partial charge is 0.537 e. The number of fused-ring (bicyclic) bond motifs is 20. The summed E-state index contributed by atoms with van der Waals surface area (Å²) in [7, 11) is 0.754. The first-order valence-corrected chi connectivity index (χ1v) is 31.5. The first-order chi connectivity index (χ1) is 45.5. The molecule has 0 spiro atoms. The molecule has 4 heterocycles. The Morgan fingerprint density at radius 1 is 0.272 bits per heavy atom. The van der Waals surface area contributed by atoms with Crippen molar-refractivity contribution in [3.63, 3.8) is 0 Å². The van der Waals surface area contributed by atoms with Gasteiger partial charge in [0.1, 0.15) is 44.8 Å². The molecule has 0 aliphatic heterocycles. The number of benzene rings is 16. The van der Waals surface area contributed by atoms with Crippen molar-refractivity contribution in [1.29, 1.82) is 0 Å². The van der Waals surface area contributed by atoms with E-state index in [2.05, 4.69) is 210 Å². The quantitative estimate of drug-likeness (QED) is 0.137. The van der Waals surface area contributed by atoms with Crippen LogP contribution in [0.25, 0.3) is 186 Å². The molecule has 16 aromatic carbocycles. The molecule has 1 radical (unpaired) electrons.